The van der Waals surface area contributed by atoms with E-state index in [9.17, 15) is 0 Å². The summed E-state index contributed by atoms with van der Waals surface area (Å²) in [5, 5.41) is 3.60. The van der Waals surface area contributed by atoms with Crippen LogP contribution in [0.3, 0.4) is 0 Å². The summed E-state index contributed by atoms with van der Waals surface area (Å²) < 4.78 is 2.31. The van der Waals surface area contributed by atoms with Crippen molar-refractivity contribution in [2.24, 2.45) is 5.92 Å². The van der Waals surface area contributed by atoms with E-state index < -0.39 is 0 Å². The fraction of sp³-hybridized carbons (Fsp3) is 0.733. The molecular weight excluding hydrogens is 208 g/mol. The van der Waals surface area contributed by atoms with Crippen molar-refractivity contribution in [2.75, 3.05) is 6.54 Å². The van der Waals surface area contributed by atoms with Gasteiger partial charge in [-0.1, -0.05) is 33.1 Å². The van der Waals surface area contributed by atoms with E-state index in [4.69, 9.17) is 0 Å². The Morgan fingerprint density at radius 1 is 1.29 bits per heavy atom. The SMILES string of the molecule is CCCCC(CC)CNCc1cccn1CC. The van der Waals surface area contributed by atoms with E-state index in [1.165, 1.54) is 31.4 Å². The smallest absolute Gasteiger partial charge is 0.0359 e. The highest BCUT2D eigenvalue weighted by molar-refractivity contribution is 5.06. The molecule has 0 radical (unpaired) electrons. The fourth-order valence-corrected chi connectivity index (χ4v) is 2.27. The second-order valence-corrected chi connectivity index (χ2v) is 4.83. The van der Waals surface area contributed by atoms with Crippen molar-refractivity contribution in [3.05, 3.63) is 24.0 Å². The highest BCUT2D eigenvalue weighted by Gasteiger charge is 2.05. The zero-order valence-electron chi connectivity index (χ0n) is 11.7. The van der Waals surface area contributed by atoms with Crippen LogP contribution in [0.15, 0.2) is 18.3 Å². The molecule has 0 fully saturated rings. The quantitative estimate of drug-likeness (QED) is 0.690. The third-order valence-electron chi connectivity index (χ3n) is 3.55. The van der Waals surface area contributed by atoms with Crippen LogP contribution in [0.5, 0.6) is 0 Å². The molecule has 2 nitrogen and oxygen atoms in total. The van der Waals surface area contributed by atoms with Crippen LogP contribution in [-0.4, -0.2) is 11.1 Å². The van der Waals surface area contributed by atoms with Crippen molar-refractivity contribution < 1.29 is 0 Å². The number of aromatic nitrogens is 1. The first-order valence-corrected chi connectivity index (χ1v) is 7.16. The molecule has 1 N–H and O–H groups in total. The van der Waals surface area contributed by atoms with E-state index in [-0.39, 0.29) is 0 Å². The van der Waals surface area contributed by atoms with Gasteiger partial charge in [-0.3, -0.25) is 0 Å². The lowest BCUT2D eigenvalue weighted by Crippen LogP contribution is -2.23. The van der Waals surface area contributed by atoms with E-state index in [1.54, 1.807) is 0 Å². The van der Waals surface area contributed by atoms with Gasteiger partial charge in [-0.2, -0.15) is 0 Å². The molecule has 17 heavy (non-hydrogen) atoms. The second-order valence-electron chi connectivity index (χ2n) is 4.83. The number of hydrogen-bond acceptors (Lipinski definition) is 1. The van der Waals surface area contributed by atoms with Gasteiger partial charge in [-0.25, -0.2) is 0 Å². The van der Waals surface area contributed by atoms with Crippen LogP contribution in [0, 0.1) is 5.92 Å². The summed E-state index contributed by atoms with van der Waals surface area (Å²) in [4.78, 5) is 0. The molecule has 1 aromatic heterocycles. The van der Waals surface area contributed by atoms with Gasteiger partial charge in [0.05, 0.1) is 0 Å². The molecule has 1 atom stereocenters. The van der Waals surface area contributed by atoms with Gasteiger partial charge < -0.3 is 9.88 Å². The van der Waals surface area contributed by atoms with Crippen LogP contribution in [0.2, 0.25) is 0 Å². The predicted molar refractivity (Wildman–Crippen MR) is 75.1 cm³/mol. The minimum atomic E-state index is 0.847. The lowest BCUT2D eigenvalue weighted by molar-refractivity contribution is 0.416. The van der Waals surface area contributed by atoms with Crippen molar-refractivity contribution >= 4 is 0 Å². The Bertz CT molecular complexity index is 291. The Morgan fingerprint density at radius 3 is 2.76 bits per heavy atom. The predicted octanol–water partition coefficient (Wildman–Crippen LogP) is 3.81. The molecule has 0 aromatic carbocycles. The Balaban J connectivity index is 2.26. The number of nitrogens with zero attached hydrogens (tertiary/aromatic N) is 1. The van der Waals surface area contributed by atoms with Gasteiger partial charge in [-0.05, 0) is 37.9 Å². The average molecular weight is 236 g/mol. The molecule has 0 saturated carbocycles. The zero-order valence-corrected chi connectivity index (χ0v) is 11.7. The Kier molecular flexibility index (Phi) is 7.02. The van der Waals surface area contributed by atoms with E-state index in [2.05, 4.69) is 49.0 Å². The number of unbranched alkanes of at least 4 members (excludes halogenated alkanes) is 1. The first-order valence-electron chi connectivity index (χ1n) is 7.16. The summed E-state index contributed by atoms with van der Waals surface area (Å²) in [7, 11) is 0. The van der Waals surface area contributed by atoms with Gasteiger partial charge in [0.25, 0.3) is 0 Å². The minimum Gasteiger partial charge on any atom is -0.351 e. The normalized spacial score (nSPS) is 12.9. The van der Waals surface area contributed by atoms with E-state index in [0.717, 1.165) is 25.6 Å². The van der Waals surface area contributed by atoms with Gasteiger partial charge in [0.2, 0.25) is 0 Å². The van der Waals surface area contributed by atoms with E-state index in [1.807, 2.05) is 0 Å². The fourth-order valence-electron chi connectivity index (χ4n) is 2.27. The van der Waals surface area contributed by atoms with Crippen LogP contribution in [0.4, 0.5) is 0 Å². The Hall–Kier alpha value is -0.760. The lowest BCUT2D eigenvalue weighted by Gasteiger charge is -2.15. The van der Waals surface area contributed by atoms with Crippen LogP contribution in [0.25, 0.3) is 0 Å². The first kappa shape index (κ1) is 14.3. The van der Waals surface area contributed by atoms with Gasteiger partial charge >= 0.3 is 0 Å². The zero-order chi connectivity index (χ0) is 12.5. The molecule has 1 rings (SSSR count). The maximum absolute atomic E-state index is 3.60. The molecule has 0 aliphatic heterocycles. The minimum absolute atomic E-state index is 0.847. The maximum atomic E-state index is 3.60. The third kappa shape index (κ3) is 4.95. The summed E-state index contributed by atoms with van der Waals surface area (Å²) in [5.41, 5.74) is 1.40. The van der Waals surface area contributed by atoms with Crippen LogP contribution < -0.4 is 5.32 Å². The molecule has 1 unspecified atom stereocenters. The number of nitrogens with one attached hydrogen (secondary N) is 1. The molecule has 98 valence electrons. The Labute approximate surface area is 106 Å². The summed E-state index contributed by atoms with van der Waals surface area (Å²) in [5.74, 6) is 0.847. The topological polar surface area (TPSA) is 17.0 Å². The summed E-state index contributed by atoms with van der Waals surface area (Å²) in [6.45, 7) is 10.00. The molecule has 0 aliphatic rings. The number of aryl methyl sites for hydroxylation is 1. The van der Waals surface area contributed by atoms with Crippen molar-refractivity contribution in [2.45, 2.75) is 59.5 Å². The number of rotatable bonds is 9. The Morgan fingerprint density at radius 2 is 2.12 bits per heavy atom. The van der Waals surface area contributed by atoms with Crippen LogP contribution in [0.1, 0.15) is 52.1 Å². The molecule has 0 saturated heterocycles. The van der Waals surface area contributed by atoms with Gasteiger partial charge in [0.15, 0.2) is 0 Å². The molecule has 2 heteroatoms. The monoisotopic (exact) mass is 236 g/mol. The highest BCUT2D eigenvalue weighted by Crippen LogP contribution is 2.11. The third-order valence-corrected chi connectivity index (χ3v) is 3.55. The lowest BCUT2D eigenvalue weighted by atomic mass is 9.99. The first-order chi connectivity index (χ1) is 8.31. The summed E-state index contributed by atoms with van der Waals surface area (Å²) in [6.07, 6.45) is 7.50. The van der Waals surface area contributed by atoms with Gasteiger partial charge in [-0.15, -0.1) is 0 Å². The van der Waals surface area contributed by atoms with Crippen molar-refractivity contribution in [3.8, 4) is 0 Å². The summed E-state index contributed by atoms with van der Waals surface area (Å²) in [6, 6.07) is 4.35. The van der Waals surface area contributed by atoms with Crippen molar-refractivity contribution in [3.63, 3.8) is 0 Å². The standard InChI is InChI=1S/C15H28N2/c1-4-7-9-14(5-2)12-16-13-15-10-8-11-17(15)6-3/h8,10-11,14,16H,4-7,9,12-13H2,1-3H3. The second kappa shape index (κ2) is 8.35. The van der Waals surface area contributed by atoms with Crippen molar-refractivity contribution in [1.29, 1.82) is 0 Å². The van der Waals surface area contributed by atoms with Crippen LogP contribution in [-0.2, 0) is 13.1 Å². The largest absolute Gasteiger partial charge is 0.351 e. The van der Waals surface area contributed by atoms with Gasteiger partial charge in [0, 0.05) is 25.0 Å². The van der Waals surface area contributed by atoms with E-state index in [0.29, 0.717) is 0 Å². The molecule has 0 aliphatic carbocycles. The van der Waals surface area contributed by atoms with Gasteiger partial charge in [0.1, 0.15) is 0 Å². The molecule has 1 heterocycles. The number of hydrogen-bond donors (Lipinski definition) is 1. The summed E-state index contributed by atoms with van der Waals surface area (Å²) >= 11 is 0. The van der Waals surface area contributed by atoms with Crippen LogP contribution >= 0.6 is 0 Å². The molecule has 0 amide bonds. The van der Waals surface area contributed by atoms with E-state index >= 15 is 0 Å². The maximum Gasteiger partial charge on any atom is 0.0359 e. The highest BCUT2D eigenvalue weighted by atomic mass is 15.0. The molecule has 0 spiro atoms. The molecule has 1 aromatic rings. The molecule has 0 bridgehead atoms. The average Bonchev–Trinajstić information content (AvgIpc) is 2.81. The van der Waals surface area contributed by atoms with Crippen molar-refractivity contribution in [1.82, 2.24) is 9.88 Å². The molecular formula is C15H28N2.